The number of aliphatic carboxylic acids is 1. The highest BCUT2D eigenvalue weighted by Crippen LogP contribution is 2.24. The molecule has 0 aliphatic heterocycles. The second-order valence-corrected chi connectivity index (χ2v) is 4.19. The van der Waals surface area contributed by atoms with Crippen LogP contribution in [-0.4, -0.2) is 37.4 Å². The summed E-state index contributed by atoms with van der Waals surface area (Å²) in [6.45, 7) is 1.76. The van der Waals surface area contributed by atoms with Gasteiger partial charge in [0.2, 0.25) is 0 Å². The zero-order chi connectivity index (χ0) is 11.1. The lowest BCUT2D eigenvalue weighted by Crippen LogP contribution is -2.35. The molecule has 0 aromatic carbocycles. The predicted octanol–water partition coefficient (Wildman–Crippen LogP) is 1.26. The van der Waals surface area contributed by atoms with Crippen molar-refractivity contribution in [3.63, 3.8) is 0 Å². The average molecular weight is 215 g/mol. The maximum atomic E-state index is 10.7. The Morgan fingerprint density at radius 2 is 2.07 bits per heavy atom. The second-order valence-electron chi connectivity index (χ2n) is 4.19. The summed E-state index contributed by atoms with van der Waals surface area (Å²) in [4.78, 5) is 10.7. The summed E-state index contributed by atoms with van der Waals surface area (Å²) in [6.07, 6.45) is 4.64. The van der Waals surface area contributed by atoms with Crippen LogP contribution in [0, 0.1) is 5.92 Å². The molecule has 0 amide bonds. The maximum Gasteiger partial charge on any atom is 0.306 e. The van der Waals surface area contributed by atoms with E-state index in [0.29, 0.717) is 6.04 Å². The summed E-state index contributed by atoms with van der Waals surface area (Å²) < 4.78 is 4.96. The van der Waals surface area contributed by atoms with E-state index in [1.807, 2.05) is 0 Å². The van der Waals surface area contributed by atoms with Crippen molar-refractivity contribution in [3.05, 3.63) is 0 Å². The van der Waals surface area contributed by atoms with E-state index in [4.69, 9.17) is 9.84 Å². The van der Waals surface area contributed by atoms with Crippen molar-refractivity contribution in [2.75, 3.05) is 20.3 Å². The standard InChI is InChI=1S/C11H21NO3/c1-15-8-2-7-12-10-5-3-9(4-6-10)11(13)14/h9-10,12H,2-8H2,1H3,(H,13,14). The van der Waals surface area contributed by atoms with E-state index in [-0.39, 0.29) is 5.92 Å². The van der Waals surface area contributed by atoms with Crippen LogP contribution in [0.3, 0.4) is 0 Å². The van der Waals surface area contributed by atoms with E-state index in [1.165, 1.54) is 0 Å². The lowest BCUT2D eigenvalue weighted by Gasteiger charge is -2.26. The van der Waals surface area contributed by atoms with Gasteiger partial charge >= 0.3 is 5.97 Å². The summed E-state index contributed by atoms with van der Waals surface area (Å²) in [6, 6.07) is 0.512. The minimum atomic E-state index is -0.632. The van der Waals surface area contributed by atoms with Crippen molar-refractivity contribution < 1.29 is 14.6 Å². The third kappa shape index (κ3) is 4.62. The van der Waals surface area contributed by atoms with E-state index >= 15 is 0 Å². The number of nitrogens with one attached hydrogen (secondary N) is 1. The highest BCUT2D eigenvalue weighted by molar-refractivity contribution is 5.70. The summed E-state index contributed by atoms with van der Waals surface area (Å²) in [5, 5.41) is 12.3. The largest absolute Gasteiger partial charge is 0.481 e. The zero-order valence-electron chi connectivity index (χ0n) is 9.37. The molecule has 1 saturated carbocycles. The third-order valence-electron chi connectivity index (χ3n) is 3.03. The van der Waals surface area contributed by atoms with Gasteiger partial charge in [-0.1, -0.05) is 0 Å². The van der Waals surface area contributed by atoms with Gasteiger partial charge in [-0.15, -0.1) is 0 Å². The first kappa shape index (κ1) is 12.5. The van der Waals surface area contributed by atoms with Crippen LogP contribution in [0.5, 0.6) is 0 Å². The first-order chi connectivity index (χ1) is 7.24. The smallest absolute Gasteiger partial charge is 0.306 e. The number of hydrogen-bond acceptors (Lipinski definition) is 3. The molecule has 0 unspecified atom stereocenters. The molecule has 0 heterocycles. The quantitative estimate of drug-likeness (QED) is 0.655. The summed E-state index contributed by atoms with van der Waals surface area (Å²) in [5.74, 6) is -0.741. The molecular weight excluding hydrogens is 194 g/mol. The molecule has 0 aromatic heterocycles. The number of carboxylic acids is 1. The van der Waals surface area contributed by atoms with Crippen molar-refractivity contribution in [2.24, 2.45) is 5.92 Å². The van der Waals surface area contributed by atoms with Crippen LogP contribution < -0.4 is 5.32 Å². The number of carboxylic acid groups (broad SMARTS) is 1. The molecule has 4 nitrogen and oxygen atoms in total. The van der Waals surface area contributed by atoms with Crippen molar-refractivity contribution in [1.29, 1.82) is 0 Å². The third-order valence-corrected chi connectivity index (χ3v) is 3.03. The van der Waals surface area contributed by atoms with E-state index in [0.717, 1.165) is 45.3 Å². The number of methoxy groups -OCH3 is 1. The summed E-state index contributed by atoms with van der Waals surface area (Å²) in [5.41, 5.74) is 0. The van der Waals surface area contributed by atoms with Gasteiger partial charge in [-0.05, 0) is 38.6 Å². The maximum absolute atomic E-state index is 10.7. The normalized spacial score (nSPS) is 26.5. The van der Waals surface area contributed by atoms with E-state index in [1.54, 1.807) is 7.11 Å². The monoisotopic (exact) mass is 215 g/mol. The van der Waals surface area contributed by atoms with Crippen LogP contribution in [-0.2, 0) is 9.53 Å². The minimum Gasteiger partial charge on any atom is -0.481 e. The van der Waals surface area contributed by atoms with Crippen molar-refractivity contribution >= 4 is 5.97 Å². The molecule has 0 spiro atoms. The zero-order valence-corrected chi connectivity index (χ0v) is 9.37. The molecule has 1 rings (SSSR count). The number of hydrogen-bond donors (Lipinski definition) is 2. The van der Waals surface area contributed by atoms with Gasteiger partial charge < -0.3 is 15.2 Å². The van der Waals surface area contributed by atoms with Gasteiger partial charge in [0.25, 0.3) is 0 Å². The highest BCUT2D eigenvalue weighted by Gasteiger charge is 2.25. The molecule has 0 radical (unpaired) electrons. The molecule has 0 bridgehead atoms. The minimum absolute atomic E-state index is 0.109. The van der Waals surface area contributed by atoms with E-state index in [9.17, 15) is 4.79 Å². The lowest BCUT2D eigenvalue weighted by atomic mass is 9.86. The fourth-order valence-electron chi connectivity index (χ4n) is 2.07. The average Bonchev–Trinajstić information content (AvgIpc) is 2.25. The van der Waals surface area contributed by atoms with Gasteiger partial charge in [-0.3, -0.25) is 4.79 Å². The Morgan fingerprint density at radius 1 is 1.40 bits per heavy atom. The van der Waals surface area contributed by atoms with Gasteiger partial charge in [0, 0.05) is 19.8 Å². The molecule has 1 fully saturated rings. The Morgan fingerprint density at radius 3 is 2.60 bits per heavy atom. The van der Waals surface area contributed by atoms with Crippen LogP contribution in [0.15, 0.2) is 0 Å². The first-order valence-electron chi connectivity index (χ1n) is 5.69. The Hall–Kier alpha value is -0.610. The molecule has 88 valence electrons. The Kier molecular flexibility index (Phi) is 5.65. The van der Waals surface area contributed by atoms with Crippen LogP contribution in [0.25, 0.3) is 0 Å². The highest BCUT2D eigenvalue weighted by atomic mass is 16.5. The van der Waals surface area contributed by atoms with Gasteiger partial charge in [0.15, 0.2) is 0 Å². The fourth-order valence-corrected chi connectivity index (χ4v) is 2.07. The molecular formula is C11H21NO3. The Labute approximate surface area is 91.0 Å². The molecule has 15 heavy (non-hydrogen) atoms. The van der Waals surface area contributed by atoms with E-state index < -0.39 is 5.97 Å². The van der Waals surface area contributed by atoms with Gasteiger partial charge in [0.1, 0.15) is 0 Å². The van der Waals surface area contributed by atoms with E-state index in [2.05, 4.69) is 5.32 Å². The fraction of sp³-hybridized carbons (Fsp3) is 0.909. The SMILES string of the molecule is COCCCNC1CCC(C(=O)O)CC1. The van der Waals surface area contributed by atoms with Crippen molar-refractivity contribution in [1.82, 2.24) is 5.32 Å². The molecule has 4 heteroatoms. The van der Waals surface area contributed by atoms with Gasteiger partial charge in [0.05, 0.1) is 5.92 Å². The number of ether oxygens (including phenoxy) is 1. The summed E-state index contributed by atoms with van der Waals surface area (Å²) >= 11 is 0. The molecule has 0 saturated heterocycles. The Bertz CT molecular complexity index is 188. The first-order valence-corrected chi connectivity index (χ1v) is 5.69. The van der Waals surface area contributed by atoms with Gasteiger partial charge in [-0.2, -0.15) is 0 Å². The number of carbonyl (C=O) groups is 1. The van der Waals surface area contributed by atoms with Crippen LogP contribution in [0.4, 0.5) is 0 Å². The van der Waals surface area contributed by atoms with Crippen LogP contribution in [0.1, 0.15) is 32.1 Å². The molecule has 0 atom stereocenters. The van der Waals surface area contributed by atoms with Crippen molar-refractivity contribution in [3.8, 4) is 0 Å². The molecule has 1 aliphatic rings. The van der Waals surface area contributed by atoms with Crippen LogP contribution in [0.2, 0.25) is 0 Å². The molecule has 1 aliphatic carbocycles. The van der Waals surface area contributed by atoms with Crippen LogP contribution >= 0.6 is 0 Å². The van der Waals surface area contributed by atoms with Gasteiger partial charge in [-0.25, -0.2) is 0 Å². The number of rotatable bonds is 6. The Balaban J connectivity index is 2.07. The molecule has 0 aromatic rings. The predicted molar refractivity (Wildman–Crippen MR) is 57.9 cm³/mol. The molecule has 2 N–H and O–H groups in total. The second kappa shape index (κ2) is 6.80. The lowest BCUT2D eigenvalue weighted by molar-refractivity contribution is -0.142. The topological polar surface area (TPSA) is 58.6 Å². The van der Waals surface area contributed by atoms with Crippen molar-refractivity contribution in [2.45, 2.75) is 38.1 Å². The summed E-state index contributed by atoms with van der Waals surface area (Å²) in [7, 11) is 1.71.